The van der Waals surface area contributed by atoms with Gasteiger partial charge in [0.25, 0.3) is 10.1 Å². The van der Waals surface area contributed by atoms with E-state index in [0.717, 1.165) is 44.9 Å². The maximum atomic E-state index is 12.0. The molecule has 0 radical (unpaired) electrons. The number of esters is 2. The number of hydrogen-bond acceptors (Lipinski definition) is 6. The van der Waals surface area contributed by atoms with Crippen LogP contribution in [-0.2, 0) is 29.2 Å². The Bertz CT molecular complexity index is 546. The van der Waals surface area contributed by atoms with Gasteiger partial charge in [-0.2, -0.15) is 8.42 Å². The van der Waals surface area contributed by atoms with Crippen molar-refractivity contribution >= 4 is 22.1 Å². The third-order valence-corrected chi connectivity index (χ3v) is 6.06. The maximum absolute atomic E-state index is 12.0. The number of rotatable bonds is 20. The first-order valence-electron chi connectivity index (χ1n) is 11.6. The quantitative estimate of drug-likeness (QED) is 0.154. The zero-order chi connectivity index (χ0) is 22.7. The molecule has 0 aromatic carbocycles. The van der Waals surface area contributed by atoms with Gasteiger partial charge in [0, 0.05) is 0 Å². The summed E-state index contributed by atoms with van der Waals surface area (Å²) < 4.78 is 42.3. The normalized spacial score (nSPS) is 12.5. The van der Waals surface area contributed by atoms with Crippen molar-refractivity contribution < 1.29 is 32.0 Å². The second-order valence-corrected chi connectivity index (χ2v) is 9.44. The average Bonchev–Trinajstić information content (AvgIpc) is 2.69. The maximum Gasteiger partial charge on any atom is 0.327 e. The van der Waals surface area contributed by atoms with Gasteiger partial charge in [0.15, 0.2) is 5.25 Å². The van der Waals surface area contributed by atoms with E-state index in [1.54, 1.807) is 0 Å². The van der Waals surface area contributed by atoms with Gasteiger partial charge in [-0.05, 0) is 12.8 Å². The lowest BCUT2D eigenvalue weighted by Crippen LogP contribution is -2.34. The highest BCUT2D eigenvalue weighted by molar-refractivity contribution is 7.87. The third-order valence-electron chi connectivity index (χ3n) is 4.98. The molecule has 0 heterocycles. The van der Waals surface area contributed by atoms with Gasteiger partial charge in [0.1, 0.15) is 0 Å². The Kier molecular flexibility index (Phi) is 17.9. The highest BCUT2D eigenvalue weighted by Crippen LogP contribution is 2.12. The molecule has 0 saturated carbocycles. The number of hydrogen-bond donors (Lipinski definition) is 1. The van der Waals surface area contributed by atoms with Gasteiger partial charge < -0.3 is 9.47 Å². The van der Waals surface area contributed by atoms with Gasteiger partial charge in [-0.25, -0.2) is 0 Å². The van der Waals surface area contributed by atoms with Crippen molar-refractivity contribution in [2.45, 2.75) is 115 Å². The Balaban J connectivity index is 4.08. The fourth-order valence-corrected chi connectivity index (χ4v) is 3.75. The Labute approximate surface area is 183 Å². The van der Waals surface area contributed by atoms with Crippen LogP contribution in [0.1, 0.15) is 110 Å². The summed E-state index contributed by atoms with van der Waals surface area (Å²) in [4.78, 5) is 23.9. The molecule has 7 nitrogen and oxygen atoms in total. The van der Waals surface area contributed by atoms with Crippen LogP contribution in [-0.4, -0.2) is 43.4 Å². The van der Waals surface area contributed by atoms with Gasteiger partial charge in [0.2, 0.25) is 0 Å². The first kappa shape index (κ1) is 28.9. The van der Waals surface area contributed by atoms with Crippen LogP contribution in [0.3, 0.4) is 0 Å². The average molecular weight is 451 g/mol. The first-order chi connectivity index (χ1) is 14.3. The fourth-order valence-electron chi connectivity index (χ4n) is 3.09. The van der Waals surface area contributed by atoms with E-state index in [4.69, 9.17) is 9.47 Å². The van der Waals surface area contributed by atoms with Crippen LogP contribution in [0.4, 0.5) is 0 Å². The van der Waals surface area contributed by atoms with Crippen LogP contribution < -0.4 is 0 Å². The standard InChI is InChI=1S/C22H42O7S/c1-3-5-7-9-11-12-14-16-18-29-22(24)20(30(25,26)27)19-21(23)28-17-15-13-10-8-6-4-2/h20H,3-19H2,1-2H3,(H,25,26,27). The van der Waals surface area contributed by atoms with Crippen LogP contribution >= 0.6 is 0 Å². The largest absolute Gasteiger partial charge is 0.466 e. The molecule has 0 spiro atoms. The van der Waals surface area contributed by atoms with Crippen molar-refractivity contribution in [2.75, 3.05) is 13.2 Å². The summed E-state index contributed by atoms with van der Waals surface area (Å²) in [6.07, 6.45) is 14.0. The molecule has 0 aliphatic carbocycles. The van der Waals surface area contributed by atoms with E-state index in [2.05, 4.69) is 13.8 Å². The smallest absolute Gasteiger partial charge is 0.327 e. The summed E-state index contributed by atoms with van der Waals surface area (Å²) in [5, 5.41) is -1.93. The highest BCUT2D eigenvalue weighted by atomic mass is 32.2. The van der Waals surface area contributed by atoms with Crippen LogP contribution in [0.25, 0.3) is 0 Å². The van der Waals surface area contributed by atoms with Crippen LogP contribution in [0.2, 0.25) is 0 Å². The molecule has 0 aromatic heterocycles. The minimum absolute atomic E-state index is 0.0760. The van der Waals surface area contributed by atoms with E-state index in [1.165, 1.54) is 32.1 Å². The van der Waals surface area contributed by atoms with Gasteiger partial charge in [-0.15, -0.1) is 0 Å². The Morgan fingerprint density at radius 3 is 1.53 bits per heavy atom. The predicted molar refractivity (Wildman–Crippen MR) is 118 cm³/mol. The van der Waals surface area contributed by atoms with Crippen molar-refractivity contribution in [2.24, 2.45) is 0 Å². The molecule has 1 unspecified atom stereocenters. The molecule has 8 heteroatoms. The lowest BCUT2D eigenvalue weighted by molar-refractivity contribution is -0.150. The van der Waals surface area contributed by atoms with Crippen molar-refractivity contribution in [3.05, 3.63) is 0 Å². The summed E-state index contributed by atoms with van der Waals surface area (Å²) in [5.74, 6) is -1.92. The molecule has 1 N–H and O–H groups in total. The monoisotopic (exact) mass is 450 g/mol. The molecule has 0 aromatic rings. The summed E-state index contributed by atoms with van der Waals surface area (Å²) in [6, 6.07) is 0. The van der Waals surface area contributed by atoms with E-state index < -0.39 is 33.7 Å². The van der Waals surface area contributed by atoms with Crippen molar-refractivity contribution in [3.63, 3.8) is 0 Å². The predicted octanol–water partition coefficient (Wildman–Crippen LogP) is 5.22. The molecule has 0 aliphatic heterocycles. The Hall–Kier alpha value is -1.15. The van der Waals surface area contributed by atoms with Gasteiger partial charge in [0.05, 0.1) is 19.6 Å². The minimum atomic E-state index is -4.74. The molecule has 30 heavy (non-hydrogen) atoms. The third kappa shape index (κ3) is 16.6. The topological polar surface area (TPSA) is 107 Å². The molecule has 178 valence electrons. The lowest BCUT2D eigenvalue weighted by atomic mass is 10.1. The first-order valence-corrected chi connectivity index (χ1v) is 13.1. The van der Waals surface area contributed by atoms with Crippen molar-refractivity contribution in [3.8, 4) is 0 Å². The van der Waals surface area contributed by atoms with Gasteiger partial charge in [-0.3, -0.25) is 14.1 Å². The molecular formula is C22H42O7S. The summed E-state index contributed by atoms with van der Waals surface area (Å²) in [7, 11) is -4.74. The number of carbonyl (C=O) groups excluding carboxylic acids is 2. The van der Waals surface area contributed by atoms with Crippen LogP contribution in [0.5, 0.6) is 0 Å². The van der Waals surface area contributed by atoms with Crippen molar-refractivity contribution in [1.29, 1.82) is 0 Å². The number of unbranched alkanes of at least 4 members (excludes halogenated alkanes) is 12. The summed E-state index contributed by atoms with van der Waals surface area (Å²) in [6.45, 7) is 4.56. The minimum Gasteiger partial charge on any atom is -0.466 e. The summed E-state index contributed by atoms with van der Waals surface area (Å²) in [5.41, 5.74) is 0. The zero-order valence-electron chi connectivity index (χ0n) is 18.9. The molecule has 1 atom stereocenters. The zero-order valence-corrected chi connectivity index (χ0v) is 19.7. The molecule has 0 bridgehead atoms. The molecule has 0 fully saturated rings. The second-order valence-electron chi connectivity index (χ2n) is 7.84. The van der Waals surface area contributed by atoms with E-state index in [0.29, 0.717) is 12.8 Å². The molecule has 0 saturated heterocycles. The summed E-state index contributed by atoms with van der Waals surface area (Å²) >= 11 is 0. The molecule has 0 amide bonds. The van der Waals surface area contributed by atoms with E-state index in [-0.39, 0.29) is 13.2 Å². The van der Waals surface area contributed by atoms with E-state index in [1.807, 2.05) is 0 Å². The number of carbonyl (C=O) groups is 2. The highest BCUT2D eigenvalue weighted by Gasteiger charge is 2.35. The molecule has 0 aliphatic rings. The Morgan fingerprint density at radius 1 is 0.700 bits per heavy atom. The van der Waals surface area contributed by atoms with Gasteiger partial charge >= 0.3 is 11.9 Å². The van der Waals surface area contributed by atoms with E-state index >= 15 is 0 Å². The Morgan fingerprint density at radius 2 is 1.10 bits per heavy atom. The van der Waals surface area contributed by atoms with Gasteiger partial charge in [-0.1, -0.05) is 90.9 Å². The molecule has 0 rings (SSSR count). The van der Waals surface area contributed by atoms with Crippen LogP contribution in [0.15, 0.2) is 0 Å². The second kappa shape index (κ2) is 18.6. The molecular weight excluding hydrogens is 408 g/mol. The van der Waals surface area contributed by atoms with E-state index in [9.17, 15) is 22.6 Å². The number of ether oxygens (including phenoxy) is 2. The van der Waals surface area contributed by atoms with Crippen LogP contribution in [0, 0.1) is 0 Å². The SMILES string of the molecule is CCCCCCCCCCOC(=O)C(CC(=O)OCCCCCCCC)S(=O)(=O)O. The lowest BCUT2D eigenvalue weighted by Gasteiger charge is -2.13. The fraction of sp³-hybridized carbons (Fsp3) is 0.909. The van der Waals surface area contributed by atoms with Crippen molar-refractivity contribution in [1.82, 2.24) is 0 Å².